The molecule has 0 atom stereocenters. The third-order valence-corrected chi connectivity index (χ3v) is 2.13. The van der Waals surface area contributed by atoms with Crippen LogP contribution in [0.25, 0.3) is 11.2 Å². The van der Waals surface area contributed by atoms with Gasteiger partial charge >= 0.3 is 11.6 Å². The SMILES string of the molecule is CC(C)(C)OC(=O)Cc1nc(N)c2[nH]c[nH+]c2n1. The lowest BCUT2D eigenvalue weighted by Gasteiger charge is -2.18. The van der Waals surface area contributed by atoms with Gasteiger partial charge in [0, 0.05) is 0 Å². The van der Waals surface area contributed by atoms with Gasteiger partial charge in [0.25, 0.3) is 0 Å². The predicted octanol–water partition coefficient (Wildman–Crippen LogP) is 0.238. The van der Waals surface area contributed by atoms with Gasteiger partial charge in [-0.15, -0.1) is 0 Å². The largest absolute Gasteiger partial charge is 0.460 e. The van der Waals surface area contributed by atoms with Gasteiger partial charge in [0.2, 0.25) is 11.3 Å². The van der Waals surface area contributed by atoms with Crippen LogP contribution in [0.2, 0.25) is 0 Å². The molecule has 0 bridgehead atoms. The summed E-state index contributed by atoms with van der Waals surface area (Å²) in [6, 6.07) is 0. The molecule has 0 saturated carbocycles. The first-order valence-corrected chi connectivity index (χ1v) is 5.58. The quantitative estimate of drug-likeness (QED) is 0.742. The molecule has 0 amide bonds. The van der Waals surface area contributed by atoms with Crippen LogP contribution in [0, 0.1) is 0 Å². The Bertz CT molecular complexity index is 585. The van der Waals surface area contributed by atoms with Gasteiger partial charge in [0.1, 0.15) is 12.0 Å². The number of carbonyl (C=O) groups is 1. The lowest BCUT2D eigenvalue weighted by Crippen LogP contribution is -2.25. The van der Waals surface area contributed by atoms with Crippen LogP contribution in [0.3, 0.4) is 0 Å². The number of nitrogen functional groups attached to an aromatic ring is 1. The second-order valence-corrected chi connectivity index (χ2v) is 4.94. The first-order chi connectivity index (χ1) is 8.35. The van der Waals surface area contributed by atoms with Gasteiger partial charge in [-0.3, -0.25) is 9.78 Å². The van der Waals surface area contributed by atoms with Gasteiger partial charge in [-0.05, 0) is 20.8 Å². The zero-order valence-electron chi connectivity index (χ0n) is 10.6. The van der Waals surface area contributed by atoms with Crippen LogP contribution in [0.1, 0.15) is 26.6 Å². The minimum atomic E-state index is -0.521. The van der Waals surface area contributed by atoms with Crippen molar-refractivity contribution in [3.63, 3.8) is 0 Å². The van der Waals surface area contributed by atoms with Crippen LogP contribution in [-0.2, 0) is 16.0 Å². The van der Waals surface area contributed by atoms with Crippen LogP contribution in [0.15, 0.2) is 6.33 Å². The molecule has 2 aromatic rings. The van der Waals surface area contributed by atoms with E-state index in [1.54, 1.807) is 6.33 Å². The molecule has 0 aliphatic rings. The number of hydrogen-bond acceptors (Lipinski definition) is 5. The highest BCUT2D eigenvalue weighted by Gasteiger charge is 2.20. The summed E-state index contributed by atoms with van der Waals surface area (Å²) in [6.45, 7) is 5.43. The number of hydrogen-bond donors (Lipinski definition) is 2. The number of esters is 1. The molecule has 2 rings (SSSR count). The normalized spacial score (nSPS) is 11.7. The maximum atomic E-state index is 11.7. The molecule has 0 radical (unpaired) electrons. The molecule has 7 heteroatoms. The highest BCUT2D eigenvalue weighted by Crippen LogP contribution is 2.12. The summed E-state index contributed by atoms with van der Waals surface area (Å²) in [4.78, 5) is 25.7. The van der Waals surface area contributed by atoms with Crippen molar-refractivity contribution in [1.82, 2.24) is 15.0 Å². The van der Waals surface area contributed by atoms with Crippen LogP contribution >= 0.6 is 0 Å². The number of anilines is 1. The van der Waals surface area contributed by atoms with E-state index < -0.39 is 5.60 Å². The first-order valence-electron chi connectivity index (χ1n) is 5.58. The molecular weight excluding hydrogens is 234 g/mol. The van der Waals surface area contributed by atoms with Crippen molar-refractivity contribution in [3.05, 3.63) is 12.2 Å². The monoisotopic (exact) mass is 250 g/mol. The molecule has 0 fully saturated rings. The number of H-pyrrole nitrogens is 2. The summed E-state index contributed by atoms with van der Waals surface area (Å²) in [6.07, 6.45) is 1.60. The topological polar surface area (TPSA) is 108 Å². The predicted molar refractivity (Wildman–Crippen MR) is 64.4 cm³/mol. The van der Waals surface area contributed by atoms with Crippen LogP contribution in [-0.4, -0.2) is 26.5 Å². The minimum Gasteiger partial charge on any atom is -0.460 e. The highest BCUT2D eigenvalue weighted by molar-refractivity contribution is 5.79. The van der Waals surface area contributed by atoms with E-state index >= 15 is 0 Å². The number of nitrogens with one attached hydrogen (secondary N) is 2. The van der Waals surface area contributed by atoms with E-state index in [1.165, 1.54) is 0 Å². The molecule has 0 aromatic carbocycles. The Morgan fingerprint density at radius 1 is 1.50 bits per heavy atom. The Hall–Kier alpha value is -2.18. The molecule has 18 heavy (non-hydrogen) atoms. The molecule has 7 nitrogen and oxygen atoms in total. The number of aromatic nitrogens is 4. The second-order valence-electron chi connectivity index (χ2n) is 4.94. The van der Waals surface area contributed by atoms with E-state index in [4.69, 9.17) is 10.5 Å². The Morgan fingerprint density at radius 3 is 2.89 bits per heavy atom. The molecule has 0 aliphatic carbocycles. The Kier molecular flexibility index (Phi) is 2.90. The Morgan fingerprint density at radius 2 is 2.22 bits per heavy atom. The van der Waals surface area contributed by atoms with Gasteiger partial charge in [-0.25, -0.2) is 4.98 Å². The fourth-order valence-corrected chi connectivity index (χ4v) is 1.54. The van der Waals surface area contributed by atoms with Crippen molar-refractivity contribution in [2.45, 2.75) is 32.8 Å². The van der Waals surface area contributed by atoms with Crippen LogP contribution < -0.4 is 10.7 Å². The van der Waals surface area contributed by atoms with Gasteiger partial charge in [-0.1, -0.05) is 4.98 Å². The molecule has 0 aliphatic heterocycles. The maximum absolute atomic E-state index is 11.7. The van der Waals surface area contributed by atoms with Crippen molar-refractivity contribution in [1.29, 1.82) is 0 Å². The minimum absolute atomic E-state index is 0.00354. The van der Waals surface area contributed by atoms with Gasteiger partial charge in [0.05, 0.1) is 0 Å². The van der Waals surface area contributed by atoms with Crippen molar-refractivity contribution in [2.75, 3.05) is 5.73 Å². The average Bonchev–Trinajstić information content (AvgIpc) is 2.62. The van der Waals surface area contributed by atoms with E-state index in [0.29, 0.717) is 22.8 Å². The molecule has 0 unspecified atom stereocenters. The fraction of sp³-hybridized carbons (Fsp3) is 0.455. The number of nitrogens with zero attached hydrogens (tertiary/aromatic N) is 2. The number of carbonyl (C=O) groups excluding carboxylic acids is 1. The van der Waals surface area contributed by atoms with Gasteiger partial charge in [-0.2, -0.15) is 4.98 Å². The van der Waals surface area contributed by atoms with Crippen molar-refractivity contribution < 1.29 is 14.5 Å². The molecule has 0 saturated heterocycles. The number of ether oxygens (including phenoxy) is 1. The number of aromatic amines is 2. The van der Waals surface area contributed by atoms with Crippen molar-refractivity contribution in [2.24, 2.45) is 0 Å². The third kappa shape index (κ3) is 2.73. The summed E-state index contributed by atoms with van der Waals surface area (Å²) in [7, 11) is 0. The van der Waals surface area contributed by atoms with E-state index in [9.17, 15) is 4.79 Å². The Balaban J connectivity index is 2.19. The van der Waals surface area contributed by atoms with E-state index in [2.05, 4.69) is 19.9 Å². The summed E-state index contributed by atoms with van der Waals surface area (Å²) in [5.74, 6) is 0.265. The lowest BCUT2D eigenvalue weighted by atomic mass is 10.2. The van der Waals surface area contributed by atoms with E-state index in [-0.39, 0.29) is 12.4 Å². The van der Waals surface area contributed by atoms with Crippen molar-refractivity contribution in [3.8, 4) is 0 Å². The number of fused-ring (bicyclic) bond motifs is 1. The van der Waals surface area contributed by atoms with Crippen molar-refractivity contribution >= 4 is 23.0 Å². The molecule has 2 aromatic heterocycles. The molecule has 4 N–H and O–H groups in total. The van der Waals surface area contributed by atoms with Gasteiger partial charge in [0.15, 0.2) is 12.1 Å². The first kappa shape index (κ1) is 12.3. The highest BCUT2D eigenvalue weighted by atomic mass is 16.6. The van der Waals surface area contributed by atoms with E-state index in [1.807, 2.05) is 20.8 Å². The number of rotatable bonds is 2. The average molecular weight is 250 g/mol. The fourth-order valence-electron chi connectivity index (χ4n) is 1.54. The summed E-state index contributed by atoms with van der Waals surface area (Å²) in [5, 5.41) is 0. The lowest BCUT2D eigenvalue weighted by molar-refractivity contribution is -0.347. The smallest absolute Gasteiger partial charge is 0.315 e. The maximum Gasteiger partial charge on any atom is 0.315 e. The van der Waals surface area contributed by atoms with E-state index in [0.717, 1.165) is 0 Å². The molecule has 0 spiro atoms. The zero-order chi connectivity index (χ0) is 13.3. The molecule has 96 valence electrons. The van der Waals surface area contributed by atoms with Crippen LogP contribution in [0.5, 0.6) is 0 Å². The number of imidazole rings is 1. The zero-order valence-corrected chi connectivity index (χ0v) is 10.6. The van der Waals surface area contributed by atoms with Gasteiger partial charge < -0.3 is 10.5 Å². The second kappa shape index (κ2) is 4.25. The summed E-state index contributed by atoms with van der Waals surface area (Å²) < 4.78 is 5.20. The molecule has 2 heterocycles. The summed E-state index contributed by atoms with van der Waals surface area (Å²) in [5.41, 5.74) is 6.43. The third-order valence-electron chi connectivity index (χ3n) is 2.13. The standard InChI is InChI=1S/C11H15N5O2/c1-11(2,3)18-7(17)4-6-15-9(12)8-10(16-6)14-5-13-8/h5H,4H2,1-3H3,(H3,12,13,14,15,16)/p+1. The molecular formula is C11H16N5O2+. The summed E-state index contributed by atoms with van der Waals surface area (Å²) >= 11 is 0. The Labute approximate surface area is 104 Å². The van der Waals surface area contributed by atoms with Crippen LogP contribution in [0.4, 0.5) is 5.82 Å². The number of nitrogens with two attached hydrogens (primary N) is 1.